The first-order chi connectivity index (χ1) is 14.2. The minimum absolute atomic E-state index is 0.0329. The van der Waals surface area contributed by atoms with Crippen LogP contribution < -0.4 is 25.8 Å². The molecular weight excluding hydrogens is 428 g/mol. The third-order valence-corrected chi connectivity index (χ3v) is 6.06. The van der Waals surface area contributed by atoms with Crippen molar-refractivity contribution in [3.63, 3.8) is 0 Å². The van der Waals surface area contributed by atoms with Crippen LogP contribution in [0.4, 0.5) is 16.2 Å². The second-order valence-corrected chi connectivity index (χ2v) is 8.86. The average Bonchev–Trinajstić information content (AvgIpc) is 2.71. The van der Waals surface area contributed by atoms with Gasteiger partial charge in [-0.05, 0) is 67.0 Å². The number of anilines is 2. The van der Waals surface area contributed by atoms with Gasteiger partial charge in [-0.1, -0.05) is 0 Å². The zero-order valence-corrected chi connectivity index (χ0v) is 18.2. The van der Waals surface area contributed by atoms with Crippen LogP contribution in [-0.4, -0.2) is 45.5 Å². The summed E-state index contributed by atoms with van der Waals surface area (Å²) in [7, 11) is -2.28. The quantitative estimate of drug-likeness (QED) is 0.436. The van der Waals surface area contributed by atoms with E-state index in [9.17, 15) is 18.0 Å². The second kappa shape index (κ2) is 10.7. The molecule has 0 bridgehead atoms. The molecule has 0 heterocycles. The Bertz CT molecular complexity index is 963. The van der Waals surface area contributed by atoms with Gasteiger partial charge in [-0.3, -0.25) is 9.52 Å². The molecule has 3 amide bonds. The van der Waals surface area contributed by atoms with Gasteiger partial charge in [0.05, 0.1) is 12.0 Å². The van der Waals surface area contributed by atoms with Crippen LogP contribution in [0.1, 0.15) is 6.42 Å². The molecule has 0 aliphatic heterocycles. The number of hydrogen-bond acceptors (Lipinski definition) is 6. The number of hydrogen-bond donors (Lipinski definition) is 4. The molecule has 2 aromatic carbocycles. The summed E-state index contributed by atoms with van der Waals surface area (Å²) in [5, 5.41) is 5.05. The maximum Gasteiger partial charge on any atom is 0.312 e. The lowest BCUT2D eigenvalue weighted by molar-refractivity contribution is -0.117. The SMILES string of the molecule is COc1ccc(NS(=O)(=O)c2ccc(NC(=O)[C@@H](CCSC)NC(N)=O)cc2)cc1. The molecule has 5 N–H and O–H groups in total. The number of thioether (sulfide) groups is 1. The van der Waals surface area contributed by atoms with Gasteiger partial charge >= 0.3 is 6.03 Å². The third-order valence-electron chi connectivity index (χ3n) is 4.02. The molecule has 0 aromatic heterocycles. The van der Waals surface area contributed by atoms with E-state index in [0.29, 0.717) is 29.3 Å². The highest BCUT2D eigenvalue weighted by molar-refractivity contribution is 7.98. The van der Waals surface area contributed by atoms with Gasteiger partial charge < -0.3 is 21.1 Å². The number of sulfonamides is 1. The molecule has 0 saturated heterocycles. The molecule has 2 rings (SSSR count). The van der Waals surface area contributed by atoms with Gasteiger partial charge in [-0.25, -0.2) is 13.2 Å². The number of rotatable bonds is 10. The van der Waals surface area contributed by atoms with Crippen molar-refractivity contribution in [3.05, 3.63) is 48.5 Å². The highest BCUT2D eigenvalue weighted by Crippen LogP contribution is 2.20. The smallest absolute Gasteiger partial charge is 0.312 e. The van der Waals surface area contributed by atoms with Crippen molar-refractivity contribution in [1.29, 1.82) is 0 Å². The first-order valence-corrected chi connectivity index (χ1v) is 11.8. The van der Waals surface area contributed by atoms with E-state index < -0.39 is 28.0 Å². The van der Waals surface area contributed by atoms with Crippen molar-refractivity contribution in [3.8, 4) is 5.75 Å². The Kier molecular flexibility index (Phi) is 8.36. The van der Waals surface area contributed by atoms with Gasteiger partial charge in [0.15, 0.2) is 0 Å². The Morgan fingerprint density at radius 2 is 1.67 bits per heavy atom. The number of benzene rings is 2. The van der Waals surface area contributed by atoms with Crippen LogP contribution >= 0.6 is 11.8 Å². The monoisotopic (exact) mass is 452 g/mol. The van der Waals surface area contributed by atoms with Gasteiger partial charge in [0.25, 0.3) is 10.0 Å². The maximum absolute atomic E-state index is 12.5. The minimum atomic E-state index is -3.80. The summed E-state index contributed by atoms with van der Waals surface area (Å²) in [4.78, 5) is 23.5. The molecule has 9 nitrogen and oxygen atoms in total. The number of methoxy groups -OCH3 is 1. The van der Waals surface area contributed by atoms with E-state index in [1.165, 1.54) is 43.1 Å². The normalized spacial score (nSPS) is 11.9. The average molecular weight is 453 g/mol. The van der Waals surface area contributed by atoms with Gasteiger partial charge in [0, 0.05) is 11.4 Å². The molecule has 0 saturated carbocycles. The highest BCUT2D eigenvalue weighted by Gasteiger charge is 2.20. The van der Waals surface area contributed by atoms with E-state index in [2.05, 4.69) is 15.4 Å². The zero-order chi connectivity index (χ0) is 22.1. The number of nitrogens with two attached hydrogens (primary N) is 1. The fourth-order valence-electron chi connectivity index (χ4n) is 2.50. The van der Waals surface area contributed by atoms with Crippen LogP contribution in [-0.2, 0) is 14.8 Å². The molecule has 0 aliphatic rings. The number of primary amides is 1. The lowest BCUT2D eigenvalue weighted by atomic mass is 10.2. The van der Waals surface area contributed by atoms with Crippen molar-refractivity contribution in [2.45, 2.75) is 17.4 Å². The summed E-state index contributed by atoms with van der Waals surface area (Å²) in [6.07, 6.45) is 2.30. The lowest BCUT2D eigenvalue weighted by Gasteiger charge is -2.17. The molecular formula is C19H24N4O5S2. The van der Waals surface area contributed by atoms with Crippen molar-refractivity contribution in [1.82, 2.24) is 5.32 Å². The number of carbonyl (C=O) groups is 2. The Balaban J connectivity index is 2.06. The summed E-state index contributed by atoms with van der Waals surface area (Å²) >= 11 is 1.54. The van der Waals surface area contributed by atoms with Gasteiger partial charge in [0.2, 0.25) is 5.91 Å². The Hall–Kier alpha value is -2.92. The molecule has 0 unspecified atom stereocenters. The van der Waals surface area contributed by atoms with Crippen LogP contribution in [0.3, 0.4) is 0 Å². The summed E-state index contributed by atoms with van der Waals surface area (Å²) < 4.78 is 32.6. The third kappa shape index (κ3) is 6.85. The number of urea groups is 1. The molecule has 0 spiro atoms. The van der Waals surface area contributed by atoms with Crippen LogP contribution in [0.2, 0.25) is 0 Å². The van der Waals surface area contributed by atoms with E-state index in [1.54, 1.807) is 24.3 Å². The van der Waals surface area contributed by atoms with Gasteiger partial charge in [-0.15, -0.1) is 0 Å². The molecule has 0 fully saturated rings. The molecule has 30 heavy (non-hydrogen) atoms. The maximum atomic E-state index is 12.5. The second-order valence-electron chi connectivity index (χ2n) is 6.19. The largest absolute Gasteiger partial charge is 0.497 e. The summed E-state index contributed by atoms with van der Waals surface area (Å²) in [6.45, 7) is 0. The standard InChI is InChI=1S/C19H24N4O5S2/c1-28-15-7-3-14(4-8-15)23-30(26,27)16-9-5-13(6-10-16)21-18(24)17(11-12-29-2)22-19(20)25/h3-10,17,23H,11-12H2,1-2H3,(H,21,24)(H3,20,22,25)/t17-/m1/s1. The highest BCUT2D eigenvalue weighted by atomic mass is 32.2. The number of amides is 3. The first-order valence-electron chi connectivity index (χ1n) is 8.88. The topological polar surface area (TPSA) is 140 Å². The summed E-state index contributed by atoms with van der Waals surface area (Å²) in [5.74, 6) is 0.835. The van der Waals surface area contributed by atoms with Crippen LogP contribution in [0.15, 0.2) is 53.4 Å². The van der Waals surface area contributed by atoms with Crippen molar-refractivity contribution < 1.29 is 22.7 Å². The van der Waals surface area contributed by atoms with E-state index in [-0.39, 0.29) is 4.90 Å². The van der Waals surface area contributed by atoms with Crippen LogP contribution in [0.5, 0.6) is 5.75 Å². The van der Waals surface area contributed by atoms with E-state index in [1.807, 2.05) is 6.26 Å². The predicted octanol–water partition coefficient (Wildman–Crippen LogP) is 2.22. The van der Waals surface area contributed by atoms with Crippen LogP contribution in [0.25, 0.3) is 0 Å². The van der Waals surface area contributed by atoms with Gasteiger partial charge in [0.1, 0.15) is 11.8 Å². The molecule has 0 aliphatic carbocycles. The Morgan fingerprint density at radius 1 is 1.07 bits per heavy atom. The number of nitrogens with one attached hydrogen (secondary N) is 3. The zero-order valence-electron chi connectivity index (χ0n) is 16.5. The predicted molar refractivity (Wildman–Crippen MR) is 118 cm³/mol. The molecule has 0 radical (unpaired) electrons. The number of ether oxygens (including phenoxy) is 1. The van der Waals surface area contributed by atoms with E-state index in [0.717, 1.165) is 0 Å². The summed E-state index contributed by atoms with van der Waals surface area (Å²) in [6, 6.07) is 10.6. The lowest BCUT2D eigenvalue weighted by Crippen LogP contribution is -2.46. The Labute approximate surface area is 179 Å². The summed E-state index contributed by atoms with van der Waals surface area (Å²) in [5.41, 5.74) is 5.91. The molecule has 2 aromatic rings. The van der Waals surface area contributed by atoms with Crippen molar-refractivity contribution in [2.24, 2.45) is 5.73 Å². The fourth-order valence-corrected chi connectivity index (χ4v) is 4.03. The number of carbonyl (C=O) groups excluding carboxylic acids is 2. The molecule has 11 heteroatoms. The van der Waals surface area contributed by atoms with E-state index in [4.69, 9.17) is 10.5 Å². The fraction of sp³-hybridized carbons (Fsp3) is 0.263. The van der Waals surface area contributed by atoms with Crippen molar-refractivity contribution in [2.75, 3.05) is 29.2 Å². The van der Waals surface area contributed by atoms with Gasteiger partial charge in [-0.2, -0.15) is 11.8 Å². The Morgan fingerprint density at radius 3 is 2.20 bits per heavy atom. The van der Waals surface area contributed by atoms with E-state index >= 15 is 0 Å². The minimum Gasteiger partial charge on any atom is -0.497 e. The van der Waals surface area contributed by atoms with Crippen LogP contribution in [0, 0.1) is 0 Å². The molecule has 1 atom stereocenters. The first kappa shape index (κ1) is 23.4. The molecule has 162 valence electrons. The van der Waals surface area contributed by atoms with Crippen molar-refractivity contribution >= 4 is 45.1 Å².